The van der Waals surface area contributed by atoms with Crippen molar-refractivity contribution in [1.29, 1.82) is 0 Å². The molecule has 4 rings (SSSR count). The summed E-state index contributed by atoms with van der Waals surface area (Å²) < 4.78 is 16.9. The van der Waals surface area contributed by atoms with Crippen molar-refractivity contribution in [3.63, 3.8) is 0 Å². The first kappa shape index (κ1) is 32.9. The normalized spacial score (nSPS) is 12.3. The highest BCUT2D eigenvalue weighted by atomic mass is 35.5. The van der Waals surface area contributed by atoms with Gasteiger partial charge in [-0.05, 0) is 35.2 Å². The first-order valence-electron chi connectivity index (χ1n) is 14.2. The van der Waals surface area contributed by atoms with Crippen molar-refractivity contribution in [1.82, 2.24) is 30.2 Å². The maximum atomic E-state index is 13.3. The van der Waals surface area contributed by atoms with Gasteiger partial charge in [0.2, 0.25) is 12.1 Å². The molecule has 0 fully saturated rings. The third-order valence-corrected chi connectivity index (χ3v) is 6.88. The second-order valence-electron chi connectivity index (χ2n) is 9.95. The molecule has 2 aromatic carbocycles. The molecule has 238 valence electrons. The van der Waals surface area contributed by atoms with E-state index in [-0.39, 0.29) is 30.4 Å². The Morgan fingerprint density at radius 3 is 2.49 bits per heavy atom. The van der Waals surface area contributed by atoms with E-state index in [1.54, 1.807) is 4.57 Å². The van der Waals surface area contributed by atoms with Crippen molar-refractivity contribution in [3.05, 3.63) is 80.9 Å². The summed E-state index contributed by atoms with van der Waals surface area (Å²) in [6.07, 6.45) is -0.853. The zero-order valence-electron chi connectivity index (χ0n) is 24.8. The van der Waals surface area contributed by atoms with Gasteiger partial charge < -0.3 is 23.6 Å². The molecule has 4 aromatic rings. The average molecular weight is 642 g/mol. The number of hydrogen-bond donors (Lipinski definition) is 1. The van der Waals surface area contributed by atoms with Gasteiger partial charge in [0.05, 0.1) is 6.61 Å². The van der Waals surface area contributed by atoms with E-state index in [1.807, 2.05) is 55.5 Å². The molecule has 2 heterocycles. The molecule has 16 heteroatoms. The molecule has 0 spiro atoms. The Bertz CT molecular complexity index is 1590. The van der Waals surface area contributed by atoms with Gasteiger partial charge in [0.1, 0.15) is 11.9 Å². The number of aryl methyl sites for hydroxylation is 1. The molecule has 0 aliphatic carbocycles. The monoisotopic (exact) mass is 641 g/mol. The smallest absolute Gasteiger partial charge is 0.434 e. The van der Waals surface area contributed by atoms with Gasteiger partial charge in [-0.25, -0.2) is 14.6 Å². The Labute approximate surface area is 262 Å². The van der Waals surface area contributed by atoms with Crippen LogP contribution in [0.2, 0.25) is 5.15 Å². The molecule has 0 aliphatic rings. The van der Waals surface area contributed by atoms with Crippen LogP contribution >= 0.6 is 11.6 Å². The summed E-state index contributed by atoms with van der Waals surface area (Å²) in [5.74, 6) is 0.253. The van der Waals surface area contributed by atoms with E-state index < -0.39 is 29.6 Å². The number of halogens is 1. The number of nitrogens with one attached hydrogen (secondary N) is 1. The van der Waals surface area contributed by atoms with Crippen molar-refractivity contribution in [2.45, 2.75) is 65.4 Å². The number of unbranched alkanes of at least 4 members (excludes halogenated alkanes) is 1. The summed E-state index contributed by atoms with van der Waals surface area (Å²) in [4.78, 5) is 44.4. The van der Waals surface area contributed by atoms with Crippen LogP contribution in [0.3, 0.4) is 0 Å². The lowest BCUT2D eigenvalue weighted by atomic mass is 9.98. The molecule has 0 saturated heterocycles. The summed E-state index contributed by atoms with van der Waals surface area (Å²) >= 11 is 6.44. The molecule has 2 atom stereocenters. The van der Waals surface area contributed by atoms with E-state index in [1.165, 1.54) is 13.8 Å². The zero-order chi connectivity index (χ0) is 32.3. The minimum Gasteiger partial charge on any atom is -0.434 e. The number of esters is 1. The number of carbonyl (C=O) groups is 2. The summed E-state index contributed by atoms with van der Waals surface area (Å²) in [5.41, 5.74) is 3.58. The molecule has 0 bridgehead atoms. The van der Waals surface area contributed by atoms with Gasteiger partial charge >= 0.3 is 12.1 Å². The third-order valence-electron chi connectivity index (χ3n) is 6.62. The highest BCUT2D eigenvalue weighted by Crippen LogP contribution is 2.30. The first-order valence-corrected chi connectivity index (χ1v) is 14.6. The lowest BCUT2D eigenvalue weighted by molar-refractivity contribution is -0.767. The molecule has 0 aliphatic heterocycles. The van der Waals surface area contributed by atoms with E-state index in [9.17, 15) is 19.7 Å². The quantitative estimate of drug-likeness (QED) is 0.0753. The second-order valence-corrected chi connectivity index (χ2v) is 10.3. The average Bonchev–Trinajstić information content (AvgIpc) is 3.64. The minimum atomic E-state index is -1.32. The molecule has 15 nitrogen and oxygen atoms in total. The fraction of sp³-hybridized carbons (Fsp3) is 0.379. The van der Waals surface area contributed by atoms with Crippen molar-refractivity contribution in [3.8, 4) is 22.5 Å². The highest BCUT2D eigenvalue weighted by Gasteiger charge is 2.26. The van der Waals surface area contributed by atoms with Crippen LogP contribution in [0.4, 0.5) is 4.79 Å². The van der Waals surface area contributed by atoms with E-state index >= 15 is 0 Å². The number of nitrogens with zero attached hydrogens (tertiary/aromatic N) is 6. The molecule has 2 unspecified atom stereocenters. The molecular weight excluding hydrogens is 610 g/mol. The Morgan fingerprint density at radius 1 is 1.09 bits per heavy atom. The minimum absolute atomic E-state index is 0.0175. The van der Waals surface area contributed by atoms with E-state index in [2.05, 4.69) is 30.4 Å². The van der Waals surface area contributed by atoms with Crippen molar-refractivity contribution >= 4 is 23.7 Å². The molecule has 1 N–H and O–H groups in total. The van der Waals surface area contributed by atoms with Crippen LogP contribution in [0.15, 0.2) is 48.5 Å². The van der Waals surface area contributed by atoms with Gasteiger partial charge in [0, 0.05) is 31.9 Å². The number of benzene rings is 2. The lowest BCUT2D eigenvalue weighted by Gasteiger charge is -2.16. The third kappa shape index (κ3) is 8.98. The standard InChI is InChI=1S/C29H32ClN7O8/c1-4-5-10-24-31-26(30)25(28(38)43-19(3)44-29(39)42-16-15-18(2)45-37(40)41)36(24)17-20-11-13-21(14-12-20)22-8-6-7-9-23(22)27-32-34-35-33-27/h6-9,11-14,18-19H,4-5,10,15-17H2,1-3H3,(H,32,33,34,35). The van der Waals surface area contributed by atoms with Crippen LogP contribution in [0.25, 0.3) is 22.5 Å². The maximum Gasteiger partial charge on any atom is 0.511 e. The lowest BCUT2D eigenvalue weighted by Crippen LogP contribution is -2.25. The van der Waals surface area contributed by atoms with Gasteiger partial charge in [-0.2, -0.15) is 5.21 Å². The number of tetrazole rings is 1. The van der Waals surface area contributed by atoms with Crippen molar-refractivity contribution in [2.24, 2.45) is 0 Å². The van der Waals surface area contributed by atoms with Crippen LogP contribution < -0.4 is 0 Å². The summed E-state index contributed by atoms with van der Waals surface area (Å²) in [6, 6.07) is 15.5. The predicted molar refractivity (Wildman–Crippen MR) is 159 cm³/mol. The number of ether oxygens (including phenoxy) is 3. The van der Waals surface area contributed by atoms with Crippen LogP contribution in [0.1, 0.15) is 61.9 Å². The van der Waals surface area contributed by atoms with E-state index in [4.69, 9.17) is 25.8 Å². The highest BCUT2D eigenvalue weighted by molar-refractivity contribution is 6.32. The topological polar surface area (TPSA) is 186 Å². The first-order chi connectivity index (χ1) is 21.7. The molecular formula is C29H32ClN7O8. The Morgan fingerprint density at radius 2 is 1.82 bits per heavy atom. The zero-order valence-corrected chi connectivity index (χ0v) is 25.6. The van der Waals surface area contributed by atoms with Gasteiger partial charge in [-0.15, -0.1) is 20.3 Å². The summed E-state index contributed by atoms with van der Waals surface area (Å²) in [7, 11) is 0. The fourth-order valence-corrected chi connectivity index (χ4v) is 4.72. The number of aromatic amines is 1. The predicted octanol–water partition coefficient (Wildman–Crippen LogP) is 5.42. The number of imidazole rings is 1. The number of carbonyl (C=O) groups excluding carboxylic acids is 2. The second kappa shape index (κ2) is 15.6. The summed E-state index contributed by atoms with van der Waals surface area (Å²) in [5, 5.41) is 23.7. The Hall–Kier alpha value is -5.05. The van der Waals surface area contributed by atoms with Crippen molar-refractivity contribution < 1.29 is 33.7 Å². The largest absolute Gasteiger partial charge is 0.511 e. The molecule has 0 amide bonds. The Kier molecular flexibility index (Phi) is 11.4. The van der Waals surface area contributed by atoms with Crippen LogP contribution in [-0.2, 0) is 32.0 Å². The number of H-pyrrole nitrogens is 1. The van der Waals surface area contributed by atoms with Crippen LogP contribution in [-0.4, -0.2) is 66.4 Å². The fourth-order valence-electron chi connectivity index (χ4n) is 4.44. The van der Waals surface area contributed by atoms with Crippen LogP contribution in [0, 0.1) is 10.1 Å². The number of hydrogen-bond acceptors (Lipinski definition) is 12. The molecule has 0 saturated carbocycles. The van der Waals surface area contributed by atoms with Crippen molar-refractivity contribution in [2.75, 3.05) is 6.61 Å². The van der Waals surface area contributed by atoms with Gasteiger partial charge in [0.15, 0.2) is 10.8 Å². The Balaban J connectivity index is 1.46. The molecule has 0 radical (unpaired) electrons. The van der Waals surface area contributed by atoms with E-state index in [0.717, 1.165) is 35.1 Å². The van der Waals surface area contributed by atoms with E-state index in [0.29, 0.717) is 18.1 Å². The van der Waals surface area contributed by atoms with Crippen LogP contribution in [0.5, 0.6) is 0 Å². The number of rotatable bonds is 15. The molecule has 2 aromatic heterocycles. The van der Waals surface area contributed by atoms with Gasteiger partial charge in [-0.3, -0.25) is 0 Å². The molecule has 45 heavy (non-hydrogen) atoms. The van der Waals surface area contributed by atoms with Gasteiger partial charge in [-0.1, -0.05) is 73.5 Å². The number of aromatic nitrogens is 6. The van der Waals surface area contributed by atoms with Gasteiger partial charge in [0.25, 0.3) is 5.09 Å². The maximum absolute atomic E-state index is 13.3. The SMILES string of the molecule is CCCCc1nc(Cl)c(C(=O)OC(C)OC(=O)OCCC(C)O[N+](=O)[O-])n1Cc1ccc(-c2ccccc2-c2nn[nH]n2)cc1. The summed E-state index contributed by atoms with van der Waals surface area (Å²) in [6.45, 7) is 4.92.